The average molecular weight is 258 g/mol. The van der Waals surface area contributed by atoms with E-state index in [9.17, 15) is 9.59 Å². The maximum atomic E-state index is 11.7. The van der Waals surface area contributed by atoms with E-state index in [4.69, 9.17) is 0 Å². The van der Waals surface area contributed by atoms with Gasteiger partial charge in [-0.25, -0.2) is 0 Å². The minimum atomic E-state index is -0.0157. The minimum absolute atomic E-state index is 0.0157. The van der Waals surface area contributed by atoms with E-state index in [-0.39, 0.29) is 11.7 Å². The molecule has 4 nitrogen and oxygen atoms in total. The highest BCUT2D eigenvalue weighted by molar-refractivity contribution is 5.98. The zero-order chi connectivity index (χ0) is 14.0. The molecule has 0 aliphatic heterocycles. The normalized spacial score (nSPS) is 14.8. The van der Waals surface area contributed by atoms with Crippen molar-refractivity contribution in [1.29, 1.82) is 0 Å². The van der Waals surface area contributed by atoms with Gasteiger partial charge in [-0.3, -0.25) is 9.59 Å². The third-order valence-corrected chi connectivity index (χ3v) is 3.31. The Hall–Kier alpha value is -2.10. The monoisotopic (exact) mass is 258 g/mol. The number of nitrogens with one attached hydrogen (secondary N) is 1. The van der Waals surface area contributed by atoms with Crippen molar-refractivity contribution in [2.75, 3.05) is 19.4 Å². The van der Waals surface area contributed by atoms with E-state index in [1.54, 1.807) is 31.1 Å². The van der Waals surface area contributed by atoms with Crippen LogP contribution < -0.4 is 5.32 Å². The summed E-state index contributed by atoms with van der Waals surface area (Å²) in [5, 5.41) is 3.25. The molecule has 0 atom stereocenters. The number of carbonyl (C=O) groups excluding carboxylic acids is 2. The van der Waals surface area contributed by atoms with E-state index in [2.05, 4.69) is 5.32 Å². The first-order valence-corrected chi connectivity index (χ1v) is 6.30. The molecule has 1 aliphatic carbocycles. The lowest BCUT2D eigenvalue weighted by Crippen LogP contribution is -2.21. The van der Waals surface area contributed by atoms with Crippen LogP contribution in [-0.2, 0) is 4.79 Å². The smallest absolute Gasteiger partial charge is 0.253 e. The summed E-state index contributed by atoms with van der Waals surface area (Å²) in [7, 11) is 3.46. The Kier molecular flexibility index (Phi) is 3.69. The molecule has 4 heteroatoms. The van der Waals surface area contributed by atoms with Crippen LogP contribution in [0.5, 0.6) is 0 Å². The highest BCUT2D eigenvalue weighted by Crippen LogP contribution is 2.24. The van der Waals surface area contributed by atoms with Crippen LogP contribution in [0, 0.1) is 0 Å². The molecule has 0 saturated heterocycles. The standard InChI is InChI=1S/C15H18N2O2/c1-10-13(8-9-14(10)18)16-12-6-4-11(5-7-12)15(19)17(2)3/h4-7,16H,8-9H2,1-3H3. The van der Waals surface area contributed by atoms with Gasteiger partial charge < -0.3 is 10.2 Å². The van der Waals surface area contributed by atoms with Crippen molar-refractivity contribution in [2.45, 2.75) is 19.8 Å². The van der Waals surface area contributed by atoms with E-state index < -0.39 is 0 Å². The average Bonchev–Trinajstić information content (AvgIpc) is 2.71. The summed E-state index contributed by atoms with van der Waals surface area (Å²) in [5.41, 5.74) is 3.35. The van der Waals surface area contributed by atoms with Gasteiger partial charge in [0.05, 0.1) is 0 Å². The second kappa shape index (κ2) is 5.26. The number of hydrogen-bond donors (Lipinski definition) is 1. The number of rotatable bonds is 3. The zero-order valence-corrected chi connectivity index (χ0v) is 11.5. The molecule has 19 heavy (non-hydrogen) atoms. The largest absolute Gasteiger partial charge is 0.359 e. The van der Waals surface area contributed by atoms with Crippen LogP contribution in [0.4, 0.5) is 5.69 Å². The van der Waals surface area contributed by atoms with E-state index in [1.165, 1.54) is 0 Å². The SMILES string of the molecule is CC1=C(Nc2ccc(C(=O)N(C)C)cc2)CCC1=O. The Labute approximate surface area is 113 Å². The number of Topliss-reactive ketones (excluding diaryl/α,β-unsaturated/α-hetero) is 1. The lowest BCUT2D eigenvalue weighted by Gasteiger charge is -2.12. The highest BCUT2D eigenvalue weighted by Gasteiger charge is 2.19. The van der Waals surface area contributed by atoms with E-state index in [1.807, 2.05) is 19.1 Å². The molecule has 1 aromatic rings. The van der Waals surface area contributed by atoms with Gasteiger partial charge in [0.2, 0.25) is 0 Å². The first kappa shape index (κ1) is 13.3. The first-order chi connectivity index (χ1) is 8.99. The second-order valence-electron chi connectivity index (χ2n) is 4.93. The van der Waals surface area contributed by atoms with Gasteiger partial charge in [-0.2, -0.15) is 0 Å². The molecule has 0 saturated carbocycles. The highest BCUT2D eigenvalue weighted by atomic mass is 16.2. The van der Waals surface area contributed by atoms with Crippen molar-refractivity contribution in [3.05, 3.63) is 41.1 Å². The lowest BCUT2D eigenvalue weighted by molar-refractivity contribution is -0.114. The fraction of sp³-hybridized carbons (Fsp3) is 0.333. The van der Waals surface area contributed by atoms with Crippen LogP contribution in [0.15, 0.2) is 35.5 Å². The molecule has 0 heterocycles. The molecular formula is C15H18N2O2. The Balaban J connectivity index is 2.12. The molecule has 0 radical (unpaired) electrons. The summed E-state index contributed by atoms with van der Waals surface area (Å²) in [6.45, 7) is 1.85. The fourth-order valence-electron chi connectivity index (χ4n) is 2.07. The predicted octanol–water partition coefficient (Wildman–Crippen LogP) is 2.44. The van der Waals surface area contributed by atoms with Crippen molar-refractivity contribution in [1.82, 2.24) is 4.90 Å². The molecule has 1 aromatic carbocycles. The number of benzene rings is 1. The number of allylic oxidation sites excluding steroid dienone is 2. The van der Waals surface area contributed by atoms with E-state index in [0.29, 0.717) is 12.0 Å². The van der Waals surface area contributed by atoms with Crippen molar-refractivity contribution >= 4 is 17.4 Å². The van der Waals surface area contributed by atoms with Gasteiger partial charge in [0.25, 0.3) is 5.91 Å². The molecule has 0 unspecified atom stereocenters. The molecule has 2 rings (SSSR count). The molecule has 0 aromatic heterocycles. The summed E-state index contributed by atoms with van der Waals surface area (Å²) in [4.78, 5) is 24.7. The summed E-state index contributed by atoms with van der Waals surface area (Å²) < 4.78 is 0. The van der Waals surface area contributed by atoms with Crippen molar-refractivity contribution < 1.29 is 9.59 Å². The van der Waals surface area contributed by atoms with Gasteiger partial charge in [-0.15, -0.1) is 0 Å². The third-order valence-electron chi connectivity index (χ3n) is 3.31. The summed E-state index contributed by atoms with van der Waals surface area (Å²) in [6, 6.07) is 7.30. The van der Waals surface area contributed by atoms with Gasteiger partial charge in [-0.05, 0) is 37.6 Å². The Morgan fingerprint density at radius 1 is 1.16 bits per heavy atom. The van der Waals surface area contributed by atoms with Crippen LogP contribution in [0.2, 0.25) is 0 Å². The molecule has 1 aliphatic rings. The molecule has 1 N–H and O–H groups in total. The van der Waals surface area contributed by atoms with Gasteiger partial charge in [0.1, 0.15) is 0 Å². The summed E-state index contributed by atoms with van der Waals surface area (Å²) in [6.07, 6.45) is 1.36. The third kappa shape index (κ3) is 2.84. The first-order valence-electron chi connectivity index (χ1n) is 6.30. The summed E-state index contributed by atoms with van der Waals surface area (Å²) in [5.74, 6) is 0.194. The van der Waals surface area contributed by atoms with Crippen molar-refractivity contribution in [3.63, 3.8) is 0 Å². The van der Waals surface area contributed by atoms with Gasteiger partial charge in [-0.1, -0.05) is 0 Å². The molecule has 1 amide bonds. The van der Waals surface area contributed by atoms with E-state index >= 15 is 0 Å². The quantitative estimate of drug-likeness (QED) is 0.906. The van der Waals surface area contributed by atoms with Crippen LogP contribution in [0.3, 0.4) is 0 Å². The second-order valence-corrected chi connectivity index (χ2v) is 4.93. The minimum Gasteiger partial charge on any atom is -0.359 e. The van der Waals surface area contributed by atoms with Gasteiger partial charge in [0.15, 0.2) is 5.78 Å². The number of nitrogens with zero attached hydrogens (tertiary/aromatic N) is 1. The number of anilines is 1. The zero-order valence-electron chi connectivity index (χ0n) is 11.5. The van der Waals surface area contributed by atoms with Crippen molar-refractivity contribution in [2.24, 2.45) is 0 Å². The fourth-order valence-corrected chi connectivity index (χ4v) is 2.07. The topological polar surface area (TPSA) is 49.4 Å². The molecular weight excluding hydrogens is 240 g/mol. The Morgan fingerprint density at radius 2 is 1.79 bits per heavy atom. The Bertz CT molecular complexity index is 542. The molecule has 0 fully saturated rings. The number of carbonyl (C=O) groups is 2. The molecule has 0 spiro atoms. The van der Waals surface area contributed by atoms with Gasteiger partial charge in [0, 0.05) is 43.0 Å². The maximum Gasteiger partial charge on any atom is 0.253 e. The van der Waals surface area contributed by atoms with Crippen LogP contribution in [0.1, 0.15) is 30.1 Å². The number of hydrogen-bond acceptors (Lipinski definition) is 3. The summed E-state index contributed by atoms with van der Waals surface area (Å²) >= 11 is 0. The van der Waals surface area contributed by atoms with Crippen LogP contribution in [-0.4, -0.2) is 30.7 Å². The maximum absolute atomic E-state index is 11.7. The lowest BCUT2D eigenvalue weighted by atomic mass is 10.1. The number of amides is 1. The predicted molar refractivity (Wildman–Crippen MR) is 75.0 cm³/mol. The van der Waals surface area contributed by atoms with Gasteiger partial charge >= 0.3 is 0 Å². The van der Waals surface area contributed by atoms with Crippen LogP contribution in [0.25, 0.3) is 0 Å². The van der Waals surface area contributed by atoms with Crippen molar-refractivity contribution in [3.8, 4) is 0 Å². The Morgan fingerprint density at radius 3 is 2.26 bits per heavy atom. The van der Waals surface area contributed by atoms with E-state index in [0.717, 1.165) is 23.4 Å². The van der Waals surface area contributed by atoms with Crippen LogP contribution >= 0.6 is 0 Å². The number of ketones is 1. The molecule has 0 bridgehead atoms. The molecule has 100 valence electrons.